The Bertz CT molecular complexity index is 76.5. The summed E-state index contributed by atoms with van der Waals surface area (Å²) in [6.07, 6.45) is 2.31. The summed E-state index contributed by atoms with van der Waals surface area (Å²) >= 11 is 0. The molecular weight excluding hydrogens is 294 g/mol. The van der Waals surface area contributed by atoms with Crippen molar-refractivity contribution in [2.45, 2.75) is 13.8 Å². The fourth-order valence-electron chi connectivity index (χ4n) is 0.136. The minimum atomic E-state index is 0. The zero-order valence-corrected chi connectivity index (χ0v) is 6.65. The maximum atomic E-state index is 9.54. The number of rotatable bonds is 1. The molecule has 0 unspecified atom stereocenters. The largest absolute Gasteiger partial charge is 0 e. The van der Waals surface area contributed by atoms with Crippen LogP contribution in [-0.2, 0) is 25.9 Å². The molecule has 0 aliphatic carbocycles. The van der Waals surface area contributed by atoms with Crippen molar-refractivity contribution in [1.29, 1.82) is 0 Å². The van der Waals surface area contributed by atoms with Crippen molar-refractivity contribution in [3.05, 3.63) is 11.6 Å². The fraction of sp³-hybridized carbons (Fsp3) is 0.400. The van der Waals surface area contributed by atoms with Crippen LogP contribution in [0.3, 0.4) is 0 Å². The van der Waals surface area contributed by atoms with Crippen LogP contribution in [0.25, 0.3) is 0 Å². The van der Waals surface area contributed by atoms with E-state index in [9.17, 15) is 4.79 Å². The molecule has 0 fully saturated rings. The Kier molecular flexibility index (Phi) is 22.0. The summed E-state index contributed by atoms with van der Waals surface area (Å²) in [5.74, 6) is 0. The van der Waals surface area contributed by atoms with Crippen LogP contribution >= 0.6 is 0 Å². The fourth-order valence-corrected chi connectivity index (χ4v) is 0.136. The van der Waals surface area contributed by atoms with Crippen molar-refractivity contribution in [2.24, 2.45) is 0 Å². The van der Waals surface area contributed by atoms with E-state index in [0.29, 0.717) is 0 Å². The minimum Gasteiger partial charge on any atom is 0 e. The molecule has 0 saturated carbocycles. The molecule has 0 aromatic heterocycles. The summed E-state index contributed by atoms with van der Waals surface area (Å²) in [4.78, 5) is 9.54. The van der Waals surface area contributed by atoms with Gasteiger partial charge in [0.2, 0.25) is 0 Å². The molecule has 3 heteroatoms. The van der Waals surface area contributed by atoms with Gasteiger partial charge >= 0.3 is 29.6 Å². The molecule has 0 N–H and O–H groups in total. The monoisotopic (exact) mass is 303 g/mol. The molecule has 8 heavy (non-hydrogen) atoms. The van der Waals surface area contributed by atoms with E-state index in [1.807, 2.05) is 13.8 Å². The first kappa shape index (κ1) is 16.0. The molecule has 1 nitrogen and oxygen atoms in total. The summed E-state index contributed by atoms with van der Waals surface area (Å²) in [6, 6.07) is 0. The SMILES string of the molecule is CC(C)=CC=O.[NaH].[Pt]. The van der Waals surface area contributed by atoms with Crippen molar-refractivity contribution in [3.63, 3.8) is 0 Å². The molecule has 0 amide bonds. The number of aldehydes is 1. The summed E-state index contributed by atoms with van der Waals surface area (Å²) in [5, 5.41) is 0. The minimum absolute atomic E-state index is 0. The Morgan fingerprint density at radius 2 is 1.75 bits per heavy atom. The van der Waals surface area contributed by atoms with Crippen LogP contribution in [-0.4, -0.2) is 35.8 Å². The summed E-state index contributed by atoms with van der Waals surface area (Å²) in [5.41, 5.74) is 1.05. The molecule has 0 saturated heterocycles. The molecule has 0 radical (unpaired) electrons. The van der Waals surface area contributed by atoms with Gasteiger partial charge in [-0.2, -0.15) is 0 Å². The van der Waals surface area contributed by atoms with Crippen molar-refractivity contribution in [2.75, 3.05) is 0 Å². The van der Waals surface area contributed by atoms with E-state index in [-0.39, 0.29) is 50.6 Å². The van der Waals surface area contributed by atoms with Gasteiger partial charge in [-0.05, 0) is 19.9 Å². The third kappa shape index (κ3) is 15.7. The smallest absolute Gasteiger partial charge is 0 e. The van der Waals surface area contributed by atoms with Gasteiger partial charge in [0.25, 0.3) is 0 Å². The van der Waals surface area contributed by atoms with E-state index >= 15 is 0 Å². The normalized spacial score (nSPS) is 5.25. The summed E-state index contributed by atoms with van der Waals surface area (Å²) in [7, 11) is 0. The van der Waals surface area contributed by atoms with Crippen LogP contribution in [0.1, 0.15) is 13.8 Å². The third-order valence-electron chi connectivity index (χ3n) is 0.401. The van der Waals surface area contributed by atoms with Gasteiger partial charge in [-0.1, -0.05) is 5.57 Å². The Morgan fingerprint density at radius 1 is 1.38 bits per heavy atom. The Balaban J connectivity index is -0.000000125. The van der Waals surface area contributed by atoms with E-state index in [2.05, 4.69) is 0 Å². The molecule has 0 aliphatic heterocycles. The number of allylic oxidation sites excluding steroid dienone is 2. The van der Waals surface area contributed by atoms with Crippen molar-refractivity contribution < 1.29 is 25.9 Å². The van der Waals surface area contributed by atoms with E-state index in [4.69, 9.17) is 0 Å². The second-order valence-corrected chi connectivity index (χ2v) is 1.38. The van der Waals surface area contributed by atoms with Gasteiger partial charge in [-0.3, -0.25) is 4.79 Å². The molecule has 0 heterocycles. The Labute approximate surface area is 86.5 Å². The van der Waals surface area contributed by atoms with Crippen molar-refractivity contribution >= 4 is 35.8 Å². The van der Waals surface area contributed by atoms with Crippen LogP contribution in [0.4, 0.5) is 0 Å². The topological polar surface area (TPSA) is 17.1 Å². The van der Waals surface area contributed by atoms with E-state index < -0.39 is 0 Å². The van der Waals surface area contributed by atoms with Gasteiger partial charge in [-0.15, -0.1) is 0 Å². The number of carbonyl (C=O) groups excluding carboxylic acids is 1. The van der Waals surface area contributed by atoms with Gasteiger partial charge in [0, 0.05) is 21.1 Å². The van der Waals surface area contributed by atoms with Gasteiger partial charge in [0.15, 0.2) is 0 Å². The molecule has 0 atom stereocenters. The quantitative estimate of drug-likeness (QED) is 0.392. The van der Waals surface area contributed by atoms with Gasteiger partial charge in [0.05, 0.1) is 0 Å². The first-order chi connectivity index (χ1) is 2.77. The average molecular weight is 303 g/mol. The molecule has 0 aromatic carbocycles. The number of hydrogen-bond acceptors (Lipinski definition) is 1. The molecule has 0 rings (SSSR count). The maximum absolute atomic E-state index is 9.54. The average Bonchev–Trinajstić information content (AvgIpc) is 1.35. The van der Waals surface area contributed by atoms with Gasteiger partial charge in [0.1, 0.15) is 6.29 Å². The van der Waals surface area contributed by atoms with Crippen LogP contribution in [0.2, 0.25) is 0 Å². The third-order valence-corrected chi connectivity index (χ3v) is 0.401. The predicted molar refractivity (Wildman–Crippen MR) is 32.6 cm³/mol. The predicted octanol–water partition coefficient (Wildman–Crippen LogP) is 0.500. The molecule has 46 valence electrons. The zero-order chi connectivity index (χ0) is 4.99. The van der Waals surface area contributed by atoms with Gasteiger partial charge in [-0.25, -0.2) is 0 Å². The number of hydrogen-bond donors (Lipinski definition) is 0. The van der Waals surface area contributed by atoms with E-state index in [0.717, 1.165) is 11.9 Å². The first-order valence-electron chi connectivity index (χ1n) is 1.86. The van der Waals surface area contributed by atoms with Crippen LogP contribution in [0.15, 0.2) is 11.6 Å². The van der Waals surface area contributed by atoms with Crippen molar-refractivity contribution in [3.8, 4) is 0 Å². The second kappa shape index (κ2) is 11.0. The van der Waals surface area contributed by atoms with E-state index in [1.165, 1.54) is 6.08 Å². The van der Waals surface area contributed by atoms with E-state index in [1.54, 1.807) is 0 Å². The molecule has 0 aliphatic rings. The van der Waals surface area contributed by atoms with Crippen molar-refractivity contribution in [1.82, 2.24) is 0 Å². The maximum Gasteiger partial charge on any atom is 0 e. The van der Waals surface area contributed by atoms with Gasteiger partial charge < -0.3 is 0 Å². The van der Waals surface area contributed by atoms with Crippen LogP contribution < -0.4 is 0 Å². The molecule has 0 bridgehead atoms. The molecule has 0 spiro atoms. The Morgan fingerprint density at radius 3 is 1.75 bits per heavy atom. The first-order valence-corrected chi connectivity index (χ1v) is 1.86. The zero-order valence-electron chi connectivity index (χ0n) is 4.38. The number of carbonyl (C=O) groups is 1. The molecule has 0 aromatic rings. The Hall–Kier alpha value is 1.10. The summed E-state index contributed by atoms with van der Waals surface area (Å²) in [6.45, 7) is 3.77. The summed E-state index contributed by atoms with van der Waals surface area (Å²) < 4.78 is 0. The second-order valence-electron chi connectivity index (χ2n) is 1.38. The molecular formula is C5H9NaOPt. The van der Waals surface area contributed by atoms with Crippen LogP contribution in [0, 0.1) is 0 Å². The van der Waals surface area contributed by atoms with Crippen LogP contribution in [0.5, 0.6) is 0 Å². The standard InChI is InChI=1S/C5H8O.Na.Pt.H/c1-5(2)3-4-6;;;/h3-4H,1-2H3;;;.